The second-order valence-electron chi connectivity index (χ2n) is 6.07. The van der Waals surface area contributed by atoms with Crippen molar-refractivity contribution in [3.05, 3.63) is 53.9 Å². The van der Waals surface area contributed by atoms with E-state index in [1.54, 1.807) is 0 Å². The van der Waals surface area contributed by atoms with Gasteiger partial charge in [0.05, 0.1) is 0 Å². The summed E-state index contributed by atoms with van der Waals surface area (Å²) in [6.45, 7) is 0.887. The van der Waals surface area contributed by atoms with Crippen molar-refractivity contribution in [1.82, 2.24) is 8.87 Å². The molecule has 7 heteroatoms. The molecule has 1 aliphatic heterocycles. The summed E-state index contributed by atoms with van der Waals surface area (Å²) in [5, 5.41) is 9.09. The van der Waals surface area contributed by atoms with Gasteiger partial charge in [0.2, 0.25) is 10.0 Å². The summed E-state index contributed by atoms with van der Waals surface area (Å²) >= 11 is 0. The zero-order valence-electron chi connectivity index (χ0n) is 13.4. The van der Waals surface area contributed by atoms with E-state index in [1.807, 2.05) is 18.2 Å². The summed E-state index contributed by atoms with van der Waals surface area (Å²) in [5.41, 5.74) is 1.20. The lowest BCUT2D eigenvalue weighted by molar-refractivity contribution is 0.0686. The highest BCUT2D eigenvalue weighted by Crippen LogP contribution is 2.30. The standard InChI is InChI=1S/C17H20N2O4S/c1-18-12-15(11-16(18)17(20)21)24(22,23)19-9-7-14(8-10-19)13-5-3-2-4-6-13/h2-6,11-12,14H,7-10H2,1H3,(H,20,21). The smallest absolute Gasteiger partial charge is 0.352 e. The maximum atomic E-state index is 12.7. The first-order valence-electron chi connectivity index (χ1n) is 7.84. The lowest BCUT2D eigenvalue weighted by atomic mass is 9.90. The minimum absolute atomic E-state index is 0.0345. The number of hydrogen-bond donors (Lipinski definition) is 1. The Bertz CT molecular complexity index is 835. The number of carboxylic acids is 1. The van der Waals surface area contributed by atoms with E-state index >= 15 is 0 Å². The largest absolute Gasteiger partial charge is 0.477 e. The molecule has 0 bridgehead atoms. The summed E-state index contributed by atoms with van der Waals surface area (Å²) < 4.78 is 28.3. The molecular formula is C17H20N2O4S. The molecule has 2 aromatic rings. The van der Waals surface area contributed by atoms with Crippen LogP contribution in [0.5, 0.6) is 0 Å². The molecule has 1 aromatic carbocycles. The van der Waals surface area contributed by atoms with Crippen LogP contribution in [0.15, 0.2) is 47.5 Å². The SMILES string of the molecule is Cn1cc(S(=O)(=O)N2CCC(c3ccccc3)CC2)cc1C(=O)O. The molecule has 3 rings (SSSR count). The van der Waals surface area contributed by atoms with Gasteiger partial charge in [0.1, 0.15) is 10.6 Å². The molecule has 6 nitrogen and oxygen atoms in total. The van der Waals surface area contributed by atoms with Crippen molar-refractivity contribution in [2.24, 2.45) is 7.05 Å². The summed E-state index contributed by atoms with van der Waals surface area (Å²) in [7, 11) is -2.12. The van der Waals surface area contributed by atoms with Crippen LogP contribution in [0.25, 0.3) is 0 Å². The number of carbonyl (C=O) groups is 1. The monoisotopic (exact) mass is 348 g/mol. The average Bonchev–Trinajstić information content (AvgIpc) is 2.99. The number of benzene rings is 1. The second-order valence-corrected chi connectivity index (χ2v) is 8.00. The summed E-state index contributed by atoms with van der Waals surface area (Å²) in [5.74, 6) is -0.773. The third-order valence-corrected chi connectivity index (χ3v) is 6.43. The maximum absolute atomic E-state index is 12.7. The number of nitrogens with zero attached hydrogens (tertiary/aromatic N) is 2. The van der Waals surface area contributed by atoms with Crippen molar-refractivity contribution in [2.75, 3.05) is 13.1 Å². The molecule has 1 saturated heterocycles. The number of aromatic nitrogens is 1. The van der Waals surface area contributed by atoms with Crippen LogP contribution >= 0.6 is 0 Å². The van der Waals surface area contributed by atoms with Crippen molar-refractivity contribution in [3.8, 4) is 0 Å². The fourth-order valence-corrected chi connectivity index (χ4v) is 4.73. The van der Waals surface area contributed by atoms with Gasteiger partial charge >= 0.3 is 5.97 Å². The molecule has 1 N–H and O–H groups in total. The van der Waals surface area contributed by atoms with Crippen LogP contribution in [0.2, 0.25) is 0 Å². The lowest BCUT2D eigenvalue weighted by Crippen LogP contribution is -2.37. The molecule has 1 aromatic heterocycles. The highest BCUT2D eigenvalue weighted by atomic mass is 32.2. The summed E-state index contributed by atoms with van der Waals surface area (Å²) in [6.07, 6.45) is 2.89. The number of sulfonamides is 1. The molecule has 128 valence electrons. The van der Waals surface area contributed by atoms with Gasteiger partial charge in [-0.25, -0.2) is 13.2 Å². The van der Waals surface area contributed by atoms with Crippen LogP contribution in [0.4, 0.5) is 0 Å². The fraction of sp³-hybridized carbons (Fsp3) is 0.353. The van der Waals surface area contributed by atoms with Gasteiger partial charge in [0.15, 0.2) is 0 Å². The molecule has 2 heterocycles. The van der Waals surface area contributed by atoms with E-state index in [0.29, 0.717) is 19.0 Å². The number of piperidine rings is 1. The molecule has 0 unspecified atom stereocenters. The van der Waals surface area contributed by atoms with Crippen LogP contribution < -0.4 is 0 Å². The summed E-state index contributed by atoms with van der Waals surface area (Å²) in [6, 6.07) is 11.3. The van der Waals surface area contributed by atoms with Crippen LogP contribution in [0, 0.1) is 0 Å². The number of aromatic carboxylic acids is 1. The topological polar surface area (TPSA) is 79.6 Å². The van der Waals surface area contributed by atoms with E-state index in [-0.39, 0.29) is 10.6 Å². The van der Waals surface area contributed by atoms with Crippen molar-refractivity contribution < 1.29 is 18.3 Å². The van der Waals surface area contributed by atoms with Crippen LogP contribution in [-0.4, -0.2) is 41.5 Å². The maximum Gasteiger partial charge on any atom is 0.352 e. The number of rotatable bonds is 4. The third kappa shape index (κ3) is 3.09. The van der Waals surface area contributed by atoms with Crippen LogP contribution in [0.1, 0.15) is 34.8 Å². The molecule has 0 atom stereocenters. The van der Waals surface area contributed by atoms with Gasteiger partial charge in [-0.15, -0.1) is 0 Å². The predicted octanol–water partition coefficient (Wildman–Crippen LogP) is 2.29. The van der Waals surface area contributed by atoms with Crippen LogP contribution in [-0.2, 0) is 17.1 Å². The van der Waals surface area contributed by atoms with E-state index in [0.717, 1.165) is 12.8 Å². The van der Waals surface area contributed by atoms with Gasteiger partial charge in [-0.1, -0.05) is 30.3 Å². The summed E-state index contributed by atoms with van der Waals surface area (Å²) in [4.78, 5) is 11.2. The second kappa shape index (κ2) is 6.41. The van der Waals surface area contributed by atoms with E-state index < -0.39 is 16.0 Å². The number of carboxylic acid groups (broad SMARTS) is 1. The number of hydrogen-bond acceptors (Lipinski definition) is 3. The Balaban J connectivity index is 1.75. The van der Waals surface area contributed by atoms with Gasteiger partial charge in [-0.2, -0.15) is 4.31 Å². The lowest BCUT2D eigenvalue weighted by Gasteiger charge is -2.31. The molecule has 1 fully saturated rings. The normalized spacial score (nSPS) is 17.0. The van der Waals surface area contributed by atoms with E-state index in [4.69, 9.17) is 5.11 Å². The fourth-order valence-electron chi connectivity index (χ4n) is 3.19. The highest BCUT2D eigenvalue weighted by molar-refractivity contribution is 7.89. The molecular weight excluding hydrogens is 328 g/mol. The van der Waals surface area contributed by atoms with Crippen molar-refractivity contribution in [3.63, 3.8) is 0 Å². The number of aryl methyl sites for hydroxylation is 1. The van der Waals surface area contributed by atoms with Gasteiger partial charge in [0, 0.05) is 26.3 Å². The van der Waals surface area contributed by atoms with Crippen molar-refractivity contribution in [2.45, 2.75) is 23.7 Å². The molecule has 0 amide bonds. The first kappa shape index (κ1) is 16.7. The quantitative estimate of drug-likeness (QED) is 0.919. The molecule has 0 radical (unpaired) electrons. The van der Waals surface area contributed by atoms with E-state index in [1.165, 1.54) is 33.7 Å². The molecule has 0 saturated carbocycles. The molecule has 1 aliphatic rings. The third-order valence-electron chi connectivity index (χ3n) is 4.56. The molecule has 24 heavy (non-hydrogen) atoms. The van der Waals surface area contributed by atoms with Gasteiger partial charge in [-0.3, -0.25) is 0 Å². The Hall–Kier alpha value is -2.12. The Morgan fingerprint density at radius 1 is 1.17 bits per heavy atom. The van der Waals surface area contributed by atoms with E-state index in [9.17, 15) is 13.2 Å². The Labute approximate surface area is 141 Å². The Morgan fingerprint density at radius 3 is 2.33 bits per heavy atom. The average molecular weight is 348 g/mol. The Morgan fingerprint density at radius 2 is 1.79 bits per heavy atom. The highest BCUT2D eigenvalue weighted by Gasteiger charge is 2.31. The van der Waals surface area contributed by atoms with Gasteiger partial charge < -0.3 is 9.67 Å². The first-order chi connectivity index (χ1) is 11.4. The predicted molar refractivity (Wildman–Crippen MR) is 89.5 cm³/mol. The molecule has 0 aliphatic carbocycles. The first-order valence-corrected chi connectivity index (χ1v) is 9.28. The van der Waals surface area contributed by atoms with Crippen LogP contribution in [0.3, 0.4) is 0 Å². The van der Waals surface area contributed by atoms with Gasteiger partial charge in [0.25, 0.3) is 0 Å². The van der Waals surface area contributed by atoms with Gasteiger partial charge in [-0.05, 0) is 30.4 Å². The zero-order chi connectivity index (χ0) is 17.3. The van der Waals surface area contributed by atoms with Crippen molar-refractivity contribution >= 4 is 16.0 Å². The zero-order valence-corrected chi connectivity index (χ0v) is 14.2. The van der Waals surface area contributed by atoms with E-state index in [2.05, 4.69) is 12.1 Å². The molecule has 0 spiro atoms. The Kier molecular flexibility index (Phi) is 4.47. The minimum Gasteiger partial charge on any atom is -0.477 e. The minimum atomic E-state index is -3.65. The van der Waals surface area contributed by atoms with Crippen molar-refractivity contribution in [1.29, 1.82) is 0 Å².